The molecule has 0 spiro atoms. The quantitative estimate of drug-likeness (QED) is 0.443. The predicted octanol–water partition coefficient (Wildman–Crippen LogP) is 6.32. The van der Waals surface area contributed by atoms with Crippen molar-refractivity contribution in [3.05, 3.63) is 53.1 Å². The van der Waals surface area contributed by atoms with E-state index < -0.39 is 11.6 Å². The molecule has 1 aromatic heterocycles. The lowest BCUT2D eigenvalue weighted by molar-refractivity contribution is -0.142. The van der Waals surface area contributed by atoms with E-state index in [0.29, 0.717) is 21.9 Å². The molecule has 0 bridgehead atoms. The predicted molar refractivity (Wildman–Crippen MR) is 112 cm³/mol. The first-order valence-electron chi connectivity index (χ1n) is 10.2. The maximum atomic E-state index is 14.2. The highest BCUT2D eigenvalue weighted by Gasteiger charge is 2.30. The Balaban J connectivity index is 1.91. The molecule has 1 saturated carbocycles. The molecule has 0 radical (unpaired) electrons. The maximum Gasteiger partial charge on any atom is 0.302 e. The molecule has 158 valence electrons. The van der Waals surface area contributed by atoms with Crippen molar-refractivity contribution < 1.29 is 18.3 Å². The SMILES string of the molecule is CC(=O)OCC(C1CCCCC1)n1c(-c2ccc(Cl)cc2)nc2cc(F)c(F)cc21. The second-order valence-corrected chi connectivity index (χ2v) is 8.27. The number of ether oxygens (including phenoxy) is 1. The molecule has 1 fully saturated rings. The summed E-state index contributed by atoms with van der Waals surface area (Å²) in [5, 5.41) is 0.585. The largest absolute Gasteiger partial charge is 0.464 e. The fraction of sp³-hybridized carbons (Fsp3) is 0.391. The number of benzene rings is 2. The minimum Gasteiger partial charge on any atom is -0.464 e. The Labute approximate surface area is 178 Å². The number of hydrogen-bond donors (Lipinski definition) is 0. The van der Waals surface area contributed by atoms with Crippen molar-refractivity contribution >= 4 is 28.6 Å². The molecule has 1 heterocycles. The third-order valence-corrected chi connectivity index (χ3v) is 6.07. The number of esters is 1. The Morgan fingerprint density at radius 1 is 1.17 bits per heavy atom. The van der Waals surface area contributed by atoms with Crippen LogP contribution in [0.25, 0.3) is 22.4 Å². The summed E-state index contributed by atoms with van der Waals surface area (Å²) >= 11 is 6.04. The first-order valence-corrected chi connectivity index (χ1v) is 10.6. The second kappa shape index (κ2) is 8.72. The third-order valence-electron chi connectivity index (χ3n) is 5.82. The van der Waals surface area contributed by atoms with E-state index >= 15 is 0 Å². The minimum atomic E-state index is -0.941. The monoisotopic (exact) mass is 432 g/mol. The van der Waals surface area contributed by atoms with Gasteiger partial charge in [0.15, 0.2) is 11.6 Å². The standard InChI is InChI=1S/C23H23ClF2N2O2/c1-14(29)30-13-22(15-5-3-2-4-6-15)28-21-12-19(26)18(25)11-20(21)27-23(28)16-7-9-17(24)10-8-16/h7-12,15,22H,2-6,13H2,1H3. The van der Waals surface area contributed by atoms with E-state index in [-0.39, 0.29) is 24.5 Å². The molecule has 7 heteroatoms. The number of imidazole rings is 1. The Hall–Kier alpha value is -2.47. The van der Waals surface area contributed by atoms with Crippen LogP contribution >= 0.6 is 11.6 Å². The van der Waals surface area contributed by atoms with Crippen molar-refractivity contribution in [3.8, 4) is 11.4 Å². The van der Waals surface area contributed by atoms with Gasteiger partial charge in [0.25, 0.3) is 0 Å². The van der Waals surface area contributed by atoms with Crippen LogP contribution in [0.3, 0.4) is 0 Å². The van der Waals surface area contributed by atoms with Gasteiger partial charge in [-0.05, 0) is 43.0 Å². The van der Waals surface area contributed by atoms with E-state index in [9.17, 15) is 13.6 Å². The normalized spacial score (nSPS) is 16.0. The first kappa shape index (κ1) is 20.8. The van der Waals surface area contributed by atoms with Crippen LogP contribution < -0.4 is 0 Å². The number of aromatic nitrogens is 2. The van der Waals surface area contributed by atoms with E-state index in [0.717, 1.165) is 37.3 Å². The molecule has 0 N–H and O–H groups in total. The van der Waals surface area contributed by atoms with Crippen molar-refractivity contribution in [2.45, 2.75) is 45.1 Å². The van der Waals surface area contributed by atoms with Gasteiger partial charge in [-0.1, -0.05) is 30.9 Å². The maximum absolute atomic E-state index is 14.2. The average molecular weight is 433 g/mol. The zero-order valence-electron chi connectivity index (χ0n) is 16.7. The van der Waals surface area contributed by atoms with Gasteiger partial charge in [0.1, 0.15) is 12.4 Å². The van der Waals surface area contributed by atoms with E-state index in [1.54, 1.807) is 12.1 Å². The molecular weight excluding hydrogens is 410 g/mol. The Kier molecular flexibility index (Phi) is 6.04. The summed E-state index contributed by atoms with van der Waals surface area (Å²) in [6, 6.07) is 9.24. The molecule has 0 amide bonds. The zero-order valence-corrected chi connectivity index (χ0v) is 17.5. The van der Waals surface area contributed by atoms with Crippen LogP contribution in [0, 0.1) is 17.6 Å². The molecule has 4 nitrogen and oxygen atoms in total. The molecule has 2 aromatic carbocycles. The lowest BCUT2D eigenvalue weighted by Gasteiger charge is -2.32. The average Bonchev–Trinajstić information content (AvgIpc) is 3.08. The Morgan fingerprint density at radius 3 is 2.50 bits per heavy atom. The van der Waals surface area contributed by atoms with Crippen LogP contribution in [0.15, 0.2) is 36.4 Å². The zero-order chi connectivity index (χ0) is 21.3. The van der Waals surface area contributed by atoms with E-state index in [1.165, 1.54) is 19.4 Å². The molecule has 4 rings (SSSR count). The van der Waals surface area contributed by atoms with Gasteiger partial charge in [-0.25, -0.2) is 13.8 Å². The summed E-state index contributed by atoms with van der Waals surface area (Å²) in [7, 11) is 0. The number of rotatable bonds is 5. The van der Waals surface area contributed by atoms with Crippen molar-refractivity contribution in [3.63, 3.8) is 0 Å². The molecule has 1 atom stereocenters. The van der Waals surface area contributed by atoms with Gasteiger partial charge < -0.3 is 9.30 Å². The van der Waals surface area contributed by atoms with E-state index in [2.05, 4.69) is 4.98 Å². The topological polar surface area (TPSA) is 44.1 Å². The van der Waals surface area contributed by atoms with Crippen LogP contribution in [-0.2, 0) is 9.53 Å². The third kappa shape index (κ3) is 4.19. The molecule has 3 aromatic rings. The summed E-state index contributed by atoms with van der Waals surface area (Å²) in [6.07, 6.45) is 5.32. The Morgan fingerprint density at radius 2 is 1.83 bits per heavy atom. The van der Waals surface area contributed by atoms with Crippen molar-refractivity contribution in [2.75, 3.05) is 6.61 Å². The van der Waals surface area contributed by atoms with Crippen LogP contribution in [0.1, 0.15) is 45.1 Å². The van der Waals surface area contributed by atoms with Crippen molar-refractivity contribution in [1.29, 1.82) is 0 Å². The number of nitrogens with zero attached hydrogens (tertiary/aromatic N) is 2. The van der Waals surface area contributed by atoms with Gasteiger partial charge in [-0.2, -0.15) is 0 Å². The molecular formula is C23H23ClF2N2O2. The lowest BCUT2D eigenvalue weighted by atomic mass is 9.83. The highest BCUT2D eigenvalue weighted by molar-refractivity contribution is 6.30. The Bertz CT molecular complexity index is 1060. The van der Waals surface area contributed by atoms with Crippen LogP contribution in [0.4, 0.5) is 8.78 Å². The molecule has 0 aliphatic heterocycles. The highest BCUT2D eigenvalue weighted by atomic mass is 35.5. The summed E-state index contributed by atoms with van der Waals surface area (Å²) in [5.41, 5.74) is 1.63. The lowest BCUT2D eigenvalue weighted by Crippen LogP contribution is -2.27. The molecule has 30 heavy (non-hydrogen) atoms. The number of hydrogen-bond acceptors (Lipinski definition) is 3. The second-order valence-electron chi connectivity index (χ2n) is 7.84. The van der Waals surface area contributed by atoms with E-state index in [1.807, 2.05) is 16.7 Å². The van der Waals surface area contributed by atoms with Crippen LogP contribution in [0.5, 0.6) is 0 Å². The highest BCUT2D eigenvalue weighted by Crippen LogP contribution is 2.38. The number of halogens is 3. The number of carbonyl (C=O) groups excluding carboxylic acids is 1. The summed E-state index contributed by atoms with van der Waals surface area (Å²) in [4.78, 5) is 16.2. The molecule has 0 saturated heterocycles. The number of fused-ring (bicyclic) bond motifs is 1. The van der Waals surface area contributed by atoms with Crippen LogP contribution in [-0.4, -0.2) is 22.1 Å². The van der Waals surface area contributed by atoms with Gasteiger partial charge in [-0.15, -0.1) is 0 Å². The van der Waals surface area contributed by atoms with Gasteiger partial charge in [0.2, 0.25) is 0 Å². The number of carbonyl (C=O) groups is 1. The molecule has 1 aliphatic carbocycles. The van der Waals surface area contributed by atoms with Gasteiger partial charge >= 0.3 is 5.97 Å². The fourth-order valence-electron chi connectivity index (χ4n) is 4.37. The summed E-state index contributed by atoms with van der Waals surface area (Å²) in [6.45, 7) is 1.53. The van der Waals surface area contributed by atoms with Gasteiger partial charge in [0.05, 0.1) is 17.1 Å². The molecule has 1 unspecified atom stereocenters. The minimum absolute atomic E-state index is 0.158. The van der Waals surface area contributed by atoms with Crippen molar-refractivity contribution in [1.82, 2.24) is 9.55 Å². The van der Waals surface area contributed by atoms with Crippen molar-refractivity contribution in [2.24, 2.45) is 5.92 Å². The van der Waals surface area contributed by atoms with Gasteiger partial charge in [-0.3, -0.25) is 4.79 Å². The van der Waals surface area contributed by atoms with Crippen LogP contribution in [0.2, 0.25) is 5.02 Å². The summed E-state index contributed by atoms with van der Waals surface area (Å²) in [5.74, 6) is -1.42. The van der Waals surface area contributed by atoms with Gasteiger partial charge in [0, 0.05) is 29.6 Å². The first-order chi connectivity index (χ1) is 14.4. The van der Waals surface area contributed by atoms with E-state index in [4.69, 9.17) is 16.3 Å². The summed E-state index contributed by atoms with van der Waals surface area (Å²) < 4.78 is 35.5. The molecule has 1 aliphatic rings. The fourth-order valence-corrected chi connectivity index (χ4v) is 4.50. The smallest absolute Gasteiger partial charge is 0.302 e.